The van der Waals surface area contributed by atoms with E-state index in [-0.39, 0.29) is 17.4 Å². The molecule has 0 radical (unpaired) electrons. The predicted molar refractivity (Wildman–Crippen MR) is 131 cm³/mol. The van der Waals surface area contributed by atoms with Crippen molar-refractivity contribution in [3.63, 3.8) is 0 Å². The molecule has 0 aromatic heterocycles. The number of thioether (sulfide) groups is 1. The fourth-order valence-electron chi connectivity index (χ4n) is 3.36. The molecule has 0 unspecified atom stereocenters. The highest BCUT2D eigenvalue weighted by molar-refractivity contribution is 7.99. The van der Waals surface area contributed by atoms with Gasteiger partial charge in [0.2, 0.25) is 11.8 Å². The van der Waals surface area contributed by atoms with Crippen molar-refractivity contribution in [1.82, 2.24) is 10.2 Å². The maximum absolute atomic E-state index is 13.2. The Balaban J connectivity index is 2.13. The summed E-state index contributed by atoms with van der Waals surface area (Å²) in [5.41, 5.74) is 4.09. The van der Waals surface area contributed by atoms with Crippen LogP contribution in [0, 0.1) is 13.8 Å². The zero-order chi connectivity index (χ0) is 23.2. The summed E-state index contributed by atoms with van der Waals surface area (Å²) in [4.78, 5) is 27.6. The number of nitrogens with one attached hydrogen (secondary N) is 1. The van der Waals surface area contributed by atoms with E-state index < -0.39 is 6.04 Å². The van der Waals surface area contributed by atoms with Gasteiger partial charge >= 0.3 is 0 Å². The van der Waals surface area contributed by atoms with Crippen molar-refractivity contribution < 1.29 is 9.59 Å². The number of carbonyl (C=O) groups is 2. The van der Waals surface area contributed by atoms with Gasteiger partial charge in [0.1, 0.15) is 6.04 Å². The van der Waals surface area contributed by atoms with E-state index in [1.807, 2.05) is 39.0 Å². The fourth-order valence-corrected chi connectivity index (χ4v) is 4.40. The second kappa shape index (κ2) is 11.1. The van der Waals surface area contributed by atoms with Gasteiger partial charge in [0.15, 0.2) is 0 Å². The lowest BCUT2D eigenvalue weighted by molar-refractivity contribution is -0.139. The summed E-state index contributed by atoms with van der Waals surface area (Å²) in [6.45, 7) is 12.0. The largest absolute Gasteiger partial charge is 0.350 e. The third-order valence-electron chi connectivity index (χ3n) is 4.74. The second-order valence-corrected chi connectivity index (χ2v) is 10.4. The molecule has 1 N–H and O–H groups in total. The molecule has 0 aliphatic heterocycles. The van der Waals surface area contributed by atoms with E-state index in [1.54, 1.807) is 29.7 Å². The van der Waals surface area contributed by atoms with Gasteiger partial charge in [0.05, 0.1) is 5.75 Å². The van der Waals surface area contributed by atoms with E-state index in [4.69, 9.17) is 11.6 Å². The summed E-state index contributed by atoms with van der Waals surface area (Å²) in [7, 11) is 0. The van der Waals surface area contributed by atoms with Crippen LogP contribution in [0.2, 0.25) is 5.02 Å². The van der Waals surface area contributed by atoms with Gasteiger partial charge in [-0.05, 0) is 58.7 Å². The molecule has 0 spiro atoms. The van der Waals surface area contributed by atoms with Gasteiger partial charge in [0.25, 0.3) is 0 Å². The van der Waals surface area contributed by atoms with Crippen LogP contribution < -0.4 is 5.32 Å². The van der Waals surface area contributed by atoms with Crippen molar-refractivity contribution in [3.8, 4) is 0 Å². The monoisotopic (exact) mass is 460 g/mol. The number of aryl methyl sites for hydroxylation is 2. The maximum Gasteiger partial charge on any atom is 0.242 e. The molecule has 2 aromatic carbocycles. The molecule has 0 bridgehead atoms. The Kier molecular flexibility index (Phi) is 9.01. The van der Waals surface area contributed by atoms with Crippen molar-refractivity contribution >= 4 is 35.2 Å². The minimum absolute atomic E-state index is 0.0779. The molecule has 0 heterocycles. The Morgan fingerprint density at radius 1 is 1.10 bits per heavy atom. The molecule has 4 nitrogen and oxygen atoms in total. The normalized spacial score (nSPS) is 12.4. The van der Waals surface area contributed by atoms with Gasteiger partial charge in [-0.2, -0.15) is 0 Å². The topological polar surface area (TPSA) is 49.4 Å². The molecule has 0 fully saturated rings. The van der Waals surface area contributed by atoms with Crippen LogP contribution in [0.15, 0.2) is 42.5 Å². The van der Waals surface area contributed by atoms with Crippen molar-refractivity contribution in [2.24, 2.45) is 0 Å². The standard InChI is InChI=1S/C25H33ClN2O2S/c1-17-11-18(2)13-20(12-17)15-31-16-23(29)28(14-21-9-7-8-10-22(21)26)19(3)24(30)27-25(4,5)6/h7-13,19H,14-16H2,1-6H3,(H,27,30)/t19-/m1/s1. The zero-order valence-corrected chi connectivity index (χ0v) is 20.9. The lowest BCUT2D eigenvalue weighted by atomic mass is 10.1. The number of hydrogen-bond acceptors (Lipinski definition) is 3. The fraction of sp³-hybridized carbons (Fsp3) is 0.440. The van der Waals surface area contributed by atoms with E-state index in [9.17, 15) is 9.59 Å². The summed E-state index contributed by atoms with van der Waals surface area (Å²) in [6, 6.07) is 13.3. The van der Waals surface area contributed by atoms with E-state index in [1.165, 1.54) is 16.7 Å². The summed E-state index contributed by atoms with van der Waals surface area (Å²) < 4.78 is 0. The third-order valence-corrected chi connectivity index (χ3v) is 6.10. The van der Waals surface area contributed by atoms with Crippen LogP contribution in [-0.2, 0) is 21.9 Å². The van der Waals surface area contributed by atoms with Gasteiger partial charge < -0.3 is 10.2 Å². The lowest BCUT2D eigenvalue weighted by Gasteiger charge is -2.31. The van der Waals surface area contributed by atoms with Crippen molar-refractivity contribution in [2.45, 2.75) is 65.4 Å². The van der Waals surface area contributed by atoms with Crippen molar-refractivity contribution in [2.75, 3.05) is 5.75 Å². The quantitative estimate of drug-likeness (QED) is 0.564. The Morgan fingerprint density at radius 2 is 1.71 bits per heavy atom. The number of benzene rings is 2. The average Bonchev–Trinajstić information content (AvgIpc) is 2.64. The minimum atomic E-state index is -0.607. The van der Waals surface area contributed by atoms with Gasteiger partial charge in [-0.1, -0.05) is 59.1 Å². The Labute approximate surface area is 195 Å². The molecule has 168 valence electrons. The molecule has 31 heavy (non-hydrogen) atoms. The van der Waals surface area contributed by atoms with Crippen LogP contribution in [0.4, 0.5) is 0 Å². The van der Waals surface area contributed by atoms with Crippen LogP contribution >= 0.6 is 23.4 Å². The molecule has 0 saturated heterocycles. The number of rotatable bonds is 8. The summed E-state index contributed by atoms with van der Waals surface area (Å²) in [6.07, 6.45) is 0. The first-order chi connectivity index (χ1) is 14.5. The number of carbonyl (C=O) groups excluding carboxylic acids is 2. The van der Waals surface area contributed by atoms with E-state index in [0.717, 1.165) is 11.3 Å². The van der Waals surface area contributed by atoms with Gasteiger partial charge in [-0.15, -0.1) is 11.8 Å². The summed E-state index contributed by atoms with van der Waals surface area (Å²) >= 11 is 7.90. The molecular formula is C25H33ClN2O2S. The molecule has 6 heteroatoms. The number of amides is 2. The molecular weight excluding hydrogens is 428 g/mol. The second-order valence-electron chi connectivity index (χ2n) is 9.02. The highest BCUT2D eigenvalue weighted by Crippen LogP contribution is 2.21. The number of hydrogen-bond donors (Lipinski definition) is 1. The first kappa shape index (κ1) is 25.3. The summed E-state index contributed by atoms with van der Waals surface area (Å²) in [5, 5.41) is 3.57. The Hall–Kier alpha value is -1.98. The minimum Gasteiger partial charge on any atom is -0.350 e. The van der Waals surface area contributed by atoms with Crippen LogP contribution in [0.1, 0.15) is 49.9 Å². The van der Waals surface area contributed by atoms with Crippen LogP contribution in [0.3, 0.4) is 0 Å². The SMILES string of the molecule is Cc1cc(C)cc(CSCC(=O)N(Cc2ccccc2Cl)[C@H](C)C(=O)NC(C)(C)C)c1. The van der Waals surface area contributed by atoms with Crippen LogP contribution in [0.5, 0.6) is 0 Å². The van der Waals surface area contributed by atoms with Gasteiger partial charge in [-0.3, -0.25) is 9.59 Å². The Bertz CT molecular complexity index is 904. The van der Waals surface area contributed by atoms with Crippen LogP contribution in [-0.4, -0.2) is 34.0 Å². The molecule has 2 aromatic rings. The molecule has 1 atom stereocenters. The molecule has 0 aliphatic rings. The van der Waals surface area contributed by atoms with E-state index in [0.29, 0.717) is 17.3 Å². The molecule has 0 saturated carbocycles. The first-order valence-electron chi connectivity index (χ1n) is 10.5. The smallest absolute Gasteiger partial charge is 0.242 e. The molecule has 0 aliphatic carbocycles. The number of halogens is 1. The molecule has 2 rings (SSSR count). The summed E-state index contributed by atoms with van der Waals surface area (Å²) in [5.74, 6) is 0.791. The van der Waals surface area contributed by atoms with Gasteiger partial charge in [-0.25, -0.2) is 0 Å². The van der Waals surface area contributed by atoms with E-state index >= 15 is 0 Å². The Morgan fingerprint density at radius 3 is 2.29 bits per heavy atom. The van der Waals surface area contributed by atoms with Crippen LogP contribution in [0.25, 0.3) is 0 Å². The third kappa shape index (κ3) is 8.23. The maximum atomic E-state index is 13.2. The lowest BCUT2D eigenvalue weighted by Crippen LogP contribution is -2.52. The number of nitrogens with zero attached hydrogens (tertiary/aromatic N) is 1. The predicted octanol–water partition coefficient (Wildman–Crippen LogP) is 5.52. The van der Waals surface area contributed by atoms with Crippen molar-refractivity contribution in [3.05, 3.63) is 69.7 Å². The van der Waals surface area contributed by atoms with Gasteiger partial charge in [0, 0.05) is 22.9 Å². The highest BCUT2D eigenvalue weighted by atomic mass is 35.5. The highest BCUT2D eigenvalue weighted by Gasteiger charge is 2.28. The van der Waals surface area contributed by atoms with E-state index in [2.05, 4.69) is 37.4 Å². The van der Waals surface area contributed by atoms with Crippen molar-refractivity contribution in [1.29, 1.82) is 0 Å². The zero-order valence-electron chi connectivity index (χ0n) is 19.3. The molecule has 2 amide bonds. The first-order valence-corrected chi connectivity index (χ1v) is 12.0. The average molecular weight is 461 g/mol.